The average molecular weight is 409 g/mol. The van der Waals surface area contributed by atoms with Crippen molar-refractivity contribution in [1.29, 1.82) is 0 Å². The number of piperidine rings is 1. The summed E-state index contributed by atoms with van der Waals surface area (Å²) in [6, 6.07) is 7.31. The number of carbonyl (C=O) groups is 1. The molecule has 1 saturated heterocycles. The maximum absolute atomic E-state index is 12.6. The van der Waals surface area contributed by atoms with Gasteiger partial charge in [-0.1, -0.05) is 31.1 Å². The summed E-state index contributed by atoms with van der Waals surface area (Å²) in [6.07, 6.45) is 4.26. The smallest absolute Gasteiger partial charge is 0.261 e. The highest BCUT2D eigenvalue weighted by molar-refractivity contribution is 5.77. The molecule has 3 aromatic rings. The average Bonchev–Trinajstić information content (AvgIpc) is 3.26. The van der Waals surface area contributed by atoms with Crippen LogP contribution in [0.4, 0.5) is 0 Å². The molecule has 3 heterocycles. The van der Waals surface area contributed by atoms with Gasteiger partial charge in [0.05, 0.1) is 17.2 Å². The monoisotopic (exact) mass is 409 g/mol. The van der Waals surface area contributed by atoms with E-state index in [9.17, 15) is 9.59 Å². The first-order valence-corrected chi connectivity index (χ1v) is 10.6. The van der Waals surface area contributed by atoms with Crippen molar-refractivity contribution in [3.63, 3.8) is 0 Å². The van der Waals surface area contributed by atoms with E-state index in [0.717, 1.165) is 18.7 Å². The van der Waals surface area contributed by atoms with E-state index in [1.165, 1.54) is 0 Å². The number of hydrogen-bond donors (Lipinski definition) is 0. The fourth-order valence-corrected chi connectivity index (χ4v) is 3.85. The molecule has 0 spiro atoms. The minimum Gasteiger partial charge on any atom is -0.343 e. The summed E-state index contributed by atoms with van der Waals surface area (Å²) in [5.74, 6) is 2.02. The number of para-hydroxylation sites is 1. The molecule has 8 nitrogen and oxygen atoms in total. The first-order valence-electron chi connectivity index (χ1n) is 10.6. The molecule has 0 bridgehead atoms. The van der Waals surface area contributed by atoms with Crippen molar-refractivity contribution in [2.24, 2.45) is 0 Å². The molecular weight excluding hydrogens is 382 g/mol. The number of amides is 1. The van der Waals surface area contributed by atoms with Gasteiger partial charge in [0, 0.05) is 37.9 Å². The quantitative estimate of drug-likeness (QED) is 0.621. The Bertz CT molecular complexity index is 1080. The molecule has 2 aromatic heterocycles. The molecule has 0 N–H and O–H groups in total. The maximum Gasteiger partial charge on any atom is 0.261 e. The molecule has 0 saturated carbocycles. The third-order valence-electron chi connectivity index (χ3n) is 5.69. The molecule has 8 heteroatoms. The van der Waals surface area contributed by atoms with Crippen molar-refractivity contribution >= 4 is 16.8 Å². The van der Waals surface area contributed by atoms with Gasteiger partial charge in [0.25, 0.3) is 5.56 Å². The van der Waals surface area contributed by atoms with Gasteiger partial charge in [-0.3, -0.25) is 14.2 Å². The van der Waals surface area contributed by atoms with E-state index in [-0.39, 0.29) is 23.3 Å². The number of aromatic nitrogens is 4. The molecule has 0 unspecified atom stereocenters. The fourth-order valence-electron chi connectivity index (χ4n) is 3.85. The van der Waals surface area contributed by atoms with Gasteiger partial charge >= 0.3 is 0 Å². The number of aryl methyl sites for hydroxylation is 1. The summed E-state index contributed by atoms with van der Waals surface area (Å²) in [4.78, 5) is 35.8. The molecule has 158 valence electrons. The third-order valence-corrected chi connectivity index (χ3v) is 5.69. The summed E-state index contributed by atoms with van der Waals surface area (Å²) in [6.45, 7) is 5.95. The molecule has 0 atom stereocenters. The van der Waals surface area contributed by atoms with Gasteiger partial charge in [0.15, 0.2) is 5.82 Å². The Hall–Kier alpha value is -3.03. The summed E-state index contributed by atoms with van der Waals surface area (Å²) >= 11 is 0. The van der Waals surface area contributed by atoms with Crippen molar-refractivity contribution in [2.45, 2.75) is 57.9 Å². The second kappa shape index (κ2) is 8.77. The van der Waals surface area contributed by atoms with Crippen LogP contribution in [-0.4, -0.2) is 43.6 Å². The Morgan fingerprint density at radius 2 is 2.00 bits per heavy atom. The summed E-state index contributed by atoms with van der Waals surface area (Å²) in [5.41, 5.74) is 0.633. The first-order chi connectivity index (χ1) is 14.5. The highest BCUT2D eigenvalue weighted by Gasteiger charge is 2.27. The largest absolute Gasteiger partial charge is 0.343 e. The van der Waals surface area contributed by atoms with E-state index < -0.39 is 0 Å². The third kappa shape index (κ3) is 4.27. The van der Waals surface area contributed by atoms with Crippen LogP contribution in [0, 0.1) is 0 Å². The second-order valence-electron chi connectivity index (χ2n) is 8.16. The molecular formula is C22H27N5O3. The molecule has 1 aliphatic heterocycles. The van der Waals surface area contributed by atoms with Crippen LogP contribution in [0.15, 0.2) is 39.9 Å². The lowest BCUT2D eigenvalue weighted by Gasteiger charge is -2.30. The zero-order chi connectivity index (χ0) is 21.1. The van der Waals surface area contributed by atoms with Crippen LogP contribution >= 0.6 is 0 Å². The Balaban J connectivity index is 1.27. The zero-order valence-electron chi connectivity index (χ0n) is 17.5. The number of rotatable bonds is 6. The van der Waals surface area contributed by atoms with Gasteiger partial charge in [-0.05, 0) is 31.4 Å². The van der Waals surface area contributed by atoms with Crippen LogP contribution in [0.1, 0.15) is 63.1 Å². The lowest BCUT2D eigenvalue weighted by Crippen LogP contribution is -2.38. The van der Waals surface area contributed by atoms with Crippen LogP contribution in [0.3, 0.4) is 0 Å². The second-order valence-corrected chi connectivity index (χ2v) is 8.16. The first kappa shape index (κ1) is 20.3. The van der Waals surface area contributed by atoms with E-state index in [1.54, 1.807) is 17.0 Å². The van der Waals surface area contributed by atoms with E-state index in [1.807, 2.05) is 36.9 Å². The van der Waals surface area contributed by atoms with E-state index in [4.69, 9.17) is 4.52 Å². The molecule has 0 radical (unpaired) electrons. The molecule has 30 heavy (non-hydrogen) atoms. The van der Waals surface area contributed by atoms with Gasteiger partial charge in [0.2, 0.25) is 11.8 Å². The molecule has 4 rings (SSSR count). The number of carbonyl (C=O) groups excluding carboxylic acids is 1. The summed E-state index contributed by atoms with van der Waals surface area (Å²) < 4.78 is 7.00. The predicted octanol–water partition coefficient (Wildman–Crippen LogP) is 3.09. The van der Waals surface area contributed by atoms with Crippen molar-refractivity contribution in [2.75, 3.05) is 13.1 Å². The molecule has 1 aliphatic rings. The maximum atomic E-state index is 12.6. The van der Waals surface area contributed by atoms with Gasteiger partial charge in [-0.25, -0.2) is 4.98 Å². The Morgan fingerprint density at radius 1 is 1.23 bits per heavy atom. The normalized spacial score (nSPS) is 15.2. The van der Waals surface area contributed by atoms with Crippen molar-refractivity contribution < 1.29 is 9.32 Å². The lowest BCUT2D eigenvalue weighted by atomic mass is 9.96. The van der Waals surface area contributed by atoms with E-state index in [2.05, 4.69) is 15.1 Å². The SMILES string of the molecule is CC(C)c1noc(C2CCN(C(=O)CCCn3cnc4ccccc4c3=O)CC2)n1. The Kier molecular flexibility index (Phi) is 5.92. The van der Waals surface area contributed by atoms with Crippen LogP contribution < -0.4 is 5.56 Å². The number of likely N-dealkylation sites (tertiary alicyclic amines) is 1. The minimum atomic E-state index is -0.0609. The lowest BCUT2D eigenvalue weighted by molar-refractivity contribution is -0.132. The minimum absolute atomic E-state index is 0.0609. The van der Waals surface area contributed by atoms with Crippen molar-refractivity contribution in [3.05, 3.63) is 52.7 Å². The highest BCUT2D eigenvalue weighted by atomic mass is 16.5. The van der Waals surface area contributed by atoms with Crippen LogP contribution in [0.2, 0.25) is 0 Å². The molecule has 1 aromatic carbocycles. The fraction of sp³-hybridized carbons (Fsp3) is 0.500. The van der Waals surface area contributed by atoms with Gasteiger partial charge in [0.1, 0.15) is 0 Å². The summed E-state index contributed by atoms with van der Waals surface area (Å²) in [5, 5.41) is 4.65. The van der Waals surface area contributed by atoms with Gasteiger partial charge in [-0.15, -0.1) is 0 Å². The zero-order valence-corrected chi connectivity index (χ0v) is 17.5. The Morgan fingerprint density at radius 3 is 2.73 bits per heavy atom. The van der Waals surface area contributed by atoms with Gasteiger partial charge < -0.3 is 9.42 Å². The predicted molar refractivity (Wildman–Crippen MR) is 112 cm³/mol. The highest BCUT2D eigenvalue weighted by Crippen LogP contribution is 2.28. The number of fused-ring (bicyclic) bond motifs is 1. The Labute approximate surface area is 174 Å². The number of hydrogen-bond acceptors (Lipinski definition) is 6. The standard InChI is InChI=1S/C22H27N5O3/c1-15(2)20-24-21(30-25-20)16-9-12-26(13-10-16)19(28)8-5-11-27-14-23-18-7-4-3-6-17(18)22(27)29/h3-4,6-7,14-16H,5,8-13H2,1-2H3. The number of benzene rings is 1. The molecule has 1 amide bonds. The van der Waals surface area contributed by atoms with Crippen LogP contribution in [0.5, 0.6) is 0 Å². The molecule has 1 fully saturated rings. The van der Waals surface area contributed by atoms with Crippen LogP contribution in [0.25, 0.3) is 10.9 Å². The number of nitrogens with zero attached hydrogens (tertiary/aromatic N) is 5. The van der Waals surface area contributed by atoms with Crippen molar-refractivity contribution in [1.82, 2.24) is 24.6 Å². The topological polar surface area (TPSA) is 94.1 Å². The van der Waals surface area contributed by atoms with E-state index in [0.29, 0.717) is 49.3 Å². The van der Waals surface area contributed by atoms with Crippen LogP contribution in [-0.2, 0) is 11.3 Å². The van der Waals surface area contributed by atoms with Gasteiger partial charge in [-0.2, -0.15) is 4.98 Å². The summed E-state index contributed by atoms with van der Waals surface area (Å²) in [7, 11) is 0. The van der Waals surface area contributed by atoms with Crippen molar-refractivity contribution in [3.8, 4) is 0 Å². The van der Waals surface area contributed by atoms with E-state index >= 15 is 0 Å². The molecule has 0 aliphatic carbocycles.